The average Bonchev–Trinajstić information content (AvgIpc) is 2.48. The van der Waals surface area contributed by atoms with Crippen LogP contribution in [-0.4, -0.2) is 12.0 Å². The lowest BCUT2D eigenvalue weighted by molar-refractivity contribution is -0.384. The molecule has 0 bridgehead atoms. The fourth-order valence-corrected chi connectivity index (χ4v) is 2.40. The van der Waals surface area contributed by atoms with E-state index in [1.54, 1.807) is 13.2 Å². The molecule has 0 atom stereocenters. The molecular formula is C15H15BrN2O3. The second kappa shape index (κ2) is 6.58. The number of rotatable bonds is 5. The Hall–Kier alpha value is -2.08. The highest BCUT2D eigenvalue weighted by atomic mass is 79.9. The fraction of sp³-hybridized carbons (Fsp3) is 0.200. The number of hydrogen-bond donors (Lipinski definition) is 1. The van der Waals surface area contributed by atoms with E-state index in [4.69, 9.17) is 4.74 Å². The first-order valence-corrected chi connectivity index (χ1v) is 7.12. The van der Waals surface area contributed by atoms with Crippen LogP contribution in [0.25, 0.3) is 0 Å². The maximum Gasteiger partial charge on any atom is 0.270 e. The zero-order valence-corrected chi connectivity index (χ0v) is 13.3. The molecule has 0 amide bonds. The number of nitro groups is 1. The molecule has 0 spiro atoms. The molecule has 2 aromatic carbocycles. The predicted octanol–water partition coefficient (Wildman–Crippen LogP) is 4.29. The Morgan fingerprint density at radius 3 is 2.76 bits per heavy atom. The molecule has 0 radical (unpaired) electrons. The number of methoxy groups -OCH3 is 1. The summed E-state index contributed by atoms with van der Waals surface area (Å²) in [6.07, 6.45) is 0. The third-order valence-corrected chi connectivity index (χ3v) is 4.19. The number of benzene rings is 2. The van der Waals surface area contributed by atoms with Crippen molar-refractivity contribution in [1.29, 1.82) is 0 Å². The van der Waals surface area contributed by atoms with Crippen LogP contribution in [0.5, 0.6) is 5.75 Å². The Bertz CT molecular complexity index is 674. The van der Waals surface area contributed by atoms with Crippen molar-refractivity contribution >= 4 is 27.3 Å². The number of aryl methyl sites for hydroxylation is 1. The maximum atomic E-state index is 10.9. The van der Waals surface area contributed by atoms with Gasteiger partial charge in [0, 0.05) is 34.4 Å². The molecule has 0 unspecified atom stereocenters. The van der Waals surface area contributed by atoms with Crippen LogP contribution in [0.1, 0.15) is 11.1 Å². The number of nitrogens with one attached hydrogen (secondary N) is 1. The molecule has 0 aromatic heterocycles. The second-order valence-electron chi connectivity index (χ2n) is 4.54. The van der Waals surface area contributed by atoms with Gasteiger partial charge < -0.3 is 10.1 Å². The van der Waals surface area contributed by atoms with Gasteiger partial charge >= 0.3 is 0 Å². The highest BCUT2D eigenvalue weighted by molar-refractivity contribution is 9.10. The number of non-ortho nitro benzene ring substituents is 1. The number of hydrogen-bond acceptors (Lipinski definition) is 4. The van der Waals surface area contributed by atoms with E-state index in [-0.39, 0.29) is 5.69 Å². The summed E-state index contributed by atoms with van der Waals surface area (Å²) < 4.78 is 6.23. The minimum absolute atomic E-state index is 0.0518. The van der Waals surface area contributed by atoms with Gasteiger partial charge in [-0.05, 0) is 40.5 Å². The van der Waals surface area contributed by atoms with Gasteiger partial charge in [-0.3, -0.25) is 10.1 Å². The smallest absolute Gasteiger partial charge is 0.270 e. The van der Waals surface area contributed by atoms with Crippen LogP contribution in [0.2, 0.25) is 0 Å². The zero-order chi connectivity index (χ0) is 15.4. The molecule has 6 heteroatoms. The highest BCUT2D eigenvalue weighted by Crippen LogP contribution is 2.28. The summed E-state index contributed by atoms with van der Waals surface area (Å²) in [5, 5.41) is 14.1. The first kappa shape index (κ1) is 15.3. The molecule has 0 aliphatic rings. The SMILES string of the molecule is COc1ccc([N+](=O)[O-])cc1CNc1cccc(C)c1Br. The van der Waals surface area contributed by atoms with Crippen LogP contribution in [-0.2, 0) is 6.54 Å². The monoisotopic (exact) mass is 350 g/mol. The zero-order valence-electron chi connectivity index (χ0n) is 11.7. The van der Waals surface area contributed by atoms with Crippen molar-refractivity contribution in [2.24, 2.45) is 0 Å². The quantitative estimate of drug-likeness (QED) is 0.645. The summed E-state index contributed by atoms with van der Waals surface area (Å²) in [6.45, 7) is 2.44. The number of halogens is 1. The van der Waals surface area contributed by atoms with E-state index in [0.717, 1.165) is 21.3 Å². The Labute approximate surface area is 131 Å². The van der Waals surface area contributed by atoms with Crippen LogP contribution in [0.15, 0.2) is 40.9 Å². The minimum atomic E-state index is -0.411. The summed E-state index contributed by atoms with van der Waals surface area (Å²) in [4.78, 5) is 10.5. The van der Waals surface area contributed by atoms with Gasteiger partial charge in [-0.15, -0.1) is 0 Å². The van der Waals surface area contributed by atoms with Gasteiger partial charge in [0.05, 0.1) is 12.0 Å². The van der Waals surface area contributed by atoms with Gasteiger partial charge in [0.2, 0.25) is 0 Å². The van der Waals surface area contributed by atoms with Crippen LogP contribution >= 0.6 is 15.9 Å². The molecule has 21 heavy (non-hydrogen) atoms. The van der Waals surface area contributed by atoms with E-state index < -0.39 is 4.92 Å². The van der Waals surface area contributed by atoms with E-state index in [1.807, 2.05) is 25.1 Å². The fourth-order valence-electron chi connectivity index (χ4n) is 1.99. The van der Waals surface area contributed by atoms with Crippen LogP contribution in [0.3, 0.4) is 0 Å². The maximum absolute atomic E-state index is 10.9. The summed E-state index contributed by atoms with van der Waals surface area (Å²) in [5.41, 5.74) is 2.84. The Balaban J connectivity index is 2.24. The molecule has 0 fully saturated rings. The highest BCUT2D eigenvalue weighted by Gasteiger charge is 2.11. The summed E-state index contributed by atoms with van der Waals surface area (Å²) >= 11 is 3.53. The van der Waals surface area contributed by atoms with Gasteiger partial charge in [0.25, 0.3) is 5.69 Å². The normalized spacial score (nSPS) is 10.2. The van der Waals surface area contributed by atoms with Crippen molar-refractivity contribution < 1.29 is 9.66 Å². The molecule has 5 nitrogen and oxygen atoms in total. The van der Waals surface area contributed by atoms with E-state index in [0.29, 0.717) is 12.3 Å². The second-order valence-corrected chi connectivity index (χ2v) is 5.34. The van der Waals surface area contributed by atoms with Crippen molar-refractivity contribution in [1.82, 2.24) is 0 Å². The lowest BCUT2D eigenvalue weighted by Crippen LogP contribution is -2.03. The largest absolute Gasteiger partial charge is 0.496 e. The molecule has 0 heterocycles. The molecule has 0 saturated carbocycles. The molecule has 0 saturated heterocycles. The van der Waals surface area contributed by atoms with Gasteiger partial charge in [0.1, 0.15) is 5.75 Å². The Morgan fingerprint density at radius 1 is 1.33 bits per heavy atom. The van der Waals surface area contributed by atoms with Gasteiger partial charge in [-0.2, -0.15) is 0 Å². The summed E-state index contributed by atoms with van der Waals surface area (Å²) in [6, 6.07) is 10.5. The van der Waals surface area contributed by atoms with Gasteiger partial charge in [0.15, 0.2) is 0 Å². The summed E-state index contributed by atoms with van der Waals surface area (Å²) in [5.74, 6) is 0.622. The van der Waals surface area contributed by atoms with Crippen LogP contribution in [0, 0.1) is 17.0 Å². The van der Waals surface area contributed by atoms with Crippen molar-refractivity contribution in [2.75, 3.05) is 12.4 Å². The van der Waals surface area contributed by atoms with Crippen molar-refractivity contribution in [3.05, 3.63) is 62.1 Å². The molecule has 110 valence electrons. The van der Waals surface area contributed by atoms with E-state index in [9.17, 15) is 10.1 Å². The molecule has 2 aromatic rings. The Morgan fingerprint density at radius 2 is 2.10 bits per heavy atom. The predicted molar refractivity (Wildman–Crippen MR) is 85.9 cm³/mol. The number of nitro benzene ring substituents is 1. The topological polar surface area (TPSA) is 64.4 Å². The minimum Gasteiger partial charge on any atom is -0.496 e. The lowest BCUT2D eigenvalue weighted by Gasteiger charge is -2.12. The van der Waals surface area contributed by atoms with Crippen LogP contribution in [0.4, 0.5) is 11.4 Å². The third kappa shape index (κ3) is 3.52. The molecule has 2 rings (SSSR count). The van der Waals surface area contributed by atoms with Crippen molar-refractivity contribution in [3.8, 4) is 5.75 Å². The van der Waals surface area contributed by atoms with E-state index in [1.165, 1.54) is 12.1 Å². The van der Waals surface area contributed by atoms with Crippen molar-refractivity contribution in [2.45, 2.75) is 13.5 Å². The molecular weight excluding hydrogens is 336 g/mol. The first-order valence-electron chi connectivity index (χ1n) is 6.33. The number of anilines is 1. The molecule has 0 aliphatic carbocycles. The summed E-state index contributed by atoms with van der Waals surface area (Å²) in [7, 11) is 1.55. The standard InChI is InChI=1S/C15H15BrN2O3/c1-10-4-3-5-13(15(10)16)17-9-11-8-12(18(19)20)6-7-14(11)21-2/h3-8,17H,9H2,1-2H3. The van der Waals surface area contributed by atoms with Gasteiger partial charge in [-0.25, -0.2) is 0 Å². The van der Waals surface area contributed by atoms with Gasteiger partial charge in [-0.1, -0.05) is 12.1 Å². The lowest BCUT2D eigenvalue weighted by atomic mass is 10.1. The van der Waals surface area contributed by atoms with E-state index >= 15 is 0 Å². The molecule has 0 aliphatic heterocycles. The molecule has 1 N–H and O–H groups in total. The van der Waals surface area contributed by atoms with Crippen LogP contribution < -0.4 is 10.1 Å². The Kier molecular flexibility index (Phi) is 4.80. The number of nitrogens with zero attached hydrogens (tertiary/aromatic N) is 1. The first-order chi connectivity index (χ1) is 10.0. The third-order valence-electron chi connectivity index (χ3n) is 3.14. The average molecular weight is 351 g/mol. The van der Waals surface area contributed by atoms with E-state index in [2.05, 4.69) is 21.2 Å². The number of ether oxygens (including phenoxy) is 1. The van der Waals surface area contributed by atoms with Crippen molar-refractivity contribution in [3.63, 3.8) is 0 Å².